The van der Waals surface area contributed by atoms with Crippen LogP contribution >= 0.6 is 0 Å². The van der Waals surface area contributed by atoms with E-state index >= 15 is 0 Å². The topological polar surface area (TPSA) is 65.2 Å². The smallest absolute Gasteiger partial charge is 0.124 e. The summed E-state index contributed by atoms with van der Waals surface area (Å²) >= 11 is 0. The standard InChI is InChI=1S/C32H48N2O2/c1-29(2,3)21-15-25(31(7,8)9)23(27(35)17-21)19-33-13-14-34-20-24-26(32(10,11)12)16-22(18-28(24)36)30(4,5)6/h15-20,35-36H,13-14H2,1-12H3. The highest BCUT2D eigenvalue weighted by Gasteiger charge is 2.25. The van der Waals surface area contributed by atoms with Crippen LogP contribution in [0.2, 0.25) is 0 Å². The fraction of sp³-hybridized carbons (Fsp3) is 0.562. The van der Waals surface area contributed by atoms with Gasteiger partial charge in [-0.15, -0.1) is 0 Å². The van der Waals surface area contributed by atoms with Gasteiger partial charge in [-0.25, -0.2) is 0 Å². The first-order valence-electron chi connectivity index (χ1n) is 13.0. The van der Waals surface area contributed by atoms with E-state index in [0.29, 0.717) is 13.1 Å². The van der Waals surface area contributed by atoms with Gasteiger partial charge >= 0.3 is 0 Å². The lowest BCUT2D eigenvalue weighted by Crippen LogP contribution is -2.18. The Balaban J connectivity index is 2.27. The third-order valence-electron chi connectivity index (χ3n) is 6.46. The van der Waals surface area contributed by atoms with E-state index in [1.165, 1.54) is 0 Å². The molecule has 4 nitrogen and oxygen atoms in total. The minimum Gasteiger partial charge on any atom is -0.507 e. The molecule has 0 aliphatic carbocycles. The Bertz CT molecular complexity index is 1040. The van der Waals surface area contributed by atoms with Gasteiger partial charge in [-0.05, 0) is 56.0 Å². The maximum atomic E-state index is 10.8. The van der Waals surface area contributed by atoms with Crippen LogP contribution in [0.25, 0.3) is 0 Å². The summed E-state index contributed by atoms with van der Waals surface area (Å²) in [4.78, 5) is 9.16. The van der Waals surface area contributed by atoms with Crippen molar-refractivity contribution in [2.75, 3.05) is 13.1 Å². The predicted molar refractivity (Wildman–Crippen MR) is 156 cm³/mol. The molecule has 0 atom stereocenters. The van der Waals surface area contributed by atoms with Crippen molar-refractivity contribution in [3.8, 4) is 11.5 Å². The van der Waals surface area contributed by atoms with Crippen LogP contribution < -0.4 is 0 Å². The van der Waals surface area contributed by atoms with Gasteiger partial charge in [-0.3, -0.25) is 9.98 Å². The number of aliphatic imine (C=N–C) groups is 2. The maximum absolute atomic E-state index is 10.8. The van der Waals surface area contributed by atoms with Crippen LogP contribution in [0.5, 0.6) is 11.5 Å². The molecule has 0 aromatic heterocycles. The highest BCUT2D eigenvalue weighted by molar-refractivity contribution is 5.87. The van der Waals surface area contributed by atoms with Crippen LogP contribution in [0, 0.1) is 0 Å². The van der Waals surface area contributed by atoms with E-state index in [1.807, 2.05) is 12.1 Å². The number of hydrogen-bond donors (Lipinski definition) is 2. The minimum atomic E-state index is -0.127. The van der Waals surface area contributed by atoms with Gasteiger partial charge in [-0.1, -0.05) is 95.2 Å². The largest absolute Gasteiger partial charge is 0.507 e. The Hall–Kier alpha value is -2.62. The van der Waals surface area contributed by atoms with Crippen molar-refractivity contribution in [3.05, 3.63) is 57.6 Å². The molecule has 198 valence electrons. The van der Waals surface area contributed by atoms with Gasteiger partial charge in [0.1, 0.15) is 11.5 Å². The molecular weight excluding hydrogens is 444 g/mol. The molecule has 0 aliphatic rings. The van der Waals surface area contributed by atoms with Crippen LogP contribution in [0.1, 0.15) is 116 Å². The molecule has 2 N–H and O–H groups in total. The van der Waals surface area contributed by atoms with Crippen molar-refractivity contribution in [3.63, 3.8) is 0 Å². The van der Waals surface area contributed by atoms with Gasteiger partial charge in [-0.2, -0.15) is 0 Å². The number of phenols is 2. The van der Waals surface area contributed by atoms with E-state index in [1.54, 1.807) is 12.4 Å². The van der Waals surface area contributed by atoms with Crippen molar-refractivity contribution < 1.29 is 10.2 Å². The summed E-state index contributed by atoms with van der Waals surface area (Å²) in [5, 5.41) is 21.6. The number of hydrogen-bond acceptors (Lipinski definition) is 4. The number of phenolic OH excluding ortho intramolecular Hbond substituents is 2. The molecule has 0 saturated heterocycles. The lowest BCUT2D eigenvalue weighted by atomic mass is 9.78. The fourth-order valence-electron chi connectivity index (χ4n) is 4.08. The van der Waals surface area contributed by atoms with Gasteiger partial charge < -0.3 is 10.2 Å². The first-order valence-corrected chi connectivity index (χ1v) is 13.0. The lowest BCUT2D eigenvalue weighted by Gasteiger charge is -2.27. The molecule has 2 aromatic rings. The SMILES string of the molecule is CC(C)(C)c1cc(O)c(C=NCCN=Cc2c(O)cc(C(C)(C)C)cc2C(C)(C)C)c(C(C)(C)C)c1. The Labute approximate surface area is 219 Å². The van der Waals surface area contributed by atoms with E-state index in [-0.39, 0.29) is 33.2 Å². The van der Waals surface area contributed by atoms with Crippen molar-refractivity contribution in [1.29, 1.82) is 0 Å². The molecule has 4 heteroatoms. The Kier molecular flexibility index (Phi) is 8.55. The lowest BCUT2D eigenvalue weighted by molar-refractivity contribution is 0.464. The molecule has 0 heterocycles. The molecule has 0 fully saturated rings. The van der Waals surface area contributed by atoms with E-state index < -0.39 is 0 Å². The van der Waals surface area contributed by atoms with Gasteiger partial charge in [0.15, 0.2) is 0 Å². The molecule has 0 amide bonds. The second-order valence-electron chi connectivity index (χ2n) is 14.0. The molecule has 36 heavy (non-hydrogen) atoms. The van der Waals surface area contributed by atoms with E-state index in [9.17, 15) is 10.2 Å². The minimum absolute atomic E-state index is 0.0512. The molecule has 0 radical (unpaired) electrons. The van der Waals surface area contributed by atoms with Crippen LogP contribution in [-0.2, 0) is 21.7 Å². The Morgan fingerprint density at radius 3 is 1.08 bits per heavy atom. The molecule has 0 unspecified atom stereocenters. The van der Waals surface area contributed by atoms with Crippen LogP contribution in [0.4, 0.5) is 0 Å². The first-order chi connectivity index (χ1) is 16.2. The first kappa shape index (κ1) is 29.6. The second kappa shape index (κ2) is 10.4. The molecule has 0 saturated carbocycles. The number of benzene rings is 2. The summed E-state index contributed by atoms with van der Waals surface area (Å²) in [7, 11) is 0. The molecule has 0 spiro atoms. The molecule has 0 bridgehead atoms. The maximum Gasteiger partial charge on any atom is 0.124 e. The molecular formula is C32H48N2O2. The van der Waals surface area contributed by atoms with Crippen molar-refractivity contribution in [2.24, 2.45) is 9.98 Å². The summed E-state index contributed by atoms with van der Waals surface area (Å²) in [6, 6.07) is 8.09. The Morgan fingerprint density at radius 2 is 0.833 bits per heavy atom. The van der Waals surface area contributed by atoms with Crippen molar-refractivity contribution >= 4 is 12.4 Å². The van der Waals surface area contributed by atoms with Gasteiger partial charge in [0, 0.05) is 23.6 Å². The van der Waals surface area contributed by atoms with Crippen LogP contribution in [0.15, 0.2) is 34.3 Å². The number of nitrogens with zero attached hydrogens (tertiary/aromatic N) is 2. The van der Waals surface area contributed by atoms with Gasteiger partial charge in [0.2, 0.25) is 0 Å². The predicted octanol–water partition coefficient (Wildman–Crippen LogP) is 7.83. The van der Waals surface area contributed by atoms with E-state index in [0.717, 1.165) is 33.4 Å². The number of aromatic hydroxyl groups is 2. The number of rotatable bonds is 5. The van der Waals surface area contributed by atoms with Gasteiger partial charge in [0.25, 0.3) is 0 Å². The highest BCUT2D eigenvalue weighted by Crippen LogP contribution is 2.37. The average Bonchev–Trinajstić information content (AvgIpc) is 2.68. The van der Waals surface area contributed by atoms with E-state index in [4.69, 9.17) is 0 Å². The summed E-state index contributed by atoms with van der Waals surface area (Å²) in [6.07, 6.45) is 3.54. The van der Waals surface area contributed by atoms with Crippen LogP contribution in [-0.4, -0.2) is 35.7 Å². The zero-order valence-electron chi connectivity index (χ0n) is 24.7. The summed E-state index contributed by atoms with van der Waals surface area (Å²) in [5.74, 6) is 0.525. The second-order valence-corrected chi connectivity index (χ2v) is 14.0. The average molecular weight is 493 g/mol. The van der Waals surface area contributed by atoms with Crippen LogP contribution in [0.3, 0.4) is 0 Å². The third kappa shape index (κ3) is 7.44. The van der Waals surface area contributed by atoms with Crippen molar-refractivity contribution in [1.82, 2.24) is 0 Å². The highest BCUT2D eigenvalue weighted by atomic mass is 16.3. The summed E-state index contributed by atoms with van der Waals surface area (Å²) in [5.41, 5.74) is 5.56. The zero-order chi connectivity index (χ0) is 27.7. The zero-order valence-corrected chi connectivity index (χ0v) is 24.7. The third-order valence-corrected chi connectivity index (χ3v) is 6.46. The quantitative estimate of drug-likeness (QED) is 0.330. The molecule has 2 aromatic carbocycles. The summed E-state index contributed by atoms with van der Waals surface area (Å²) < 4.78 is 0. The van der Waals surface area contributed by atoms with Gasteiger partial charge in [0.05, 0.1) is 13.1 Å². The normalized spacial score (nSPS) is 13.8. The monoisotopic (exact) mass is 492 g/mol. The van der Waals surface area contributed by atoms with Crippen molar-refractivity contribution in [2.45, 2.75) is 105 Å². The van der Waals surface area contributed by atoms with E-state index in [2.05, 4.69) is 105 Å². The molecule has 2 rings (SSSR count). The fourth-order valence-corrected chi connectivity index (χ4v) is 4.08. The molecule has 0 aliphatic heterocycles. The Morgan fingerprint density at radius 1 is 0.528 bits per heavy atom. The summed E-state index contributed by atoms with van der Waals surface area (Å²) in [6.45, 7) is 26.8.